The van der Waals surface area contributed by atoms with Gasteiger partial charge < -0.3 is 33.8 Å². The maximum atomic E-state index is 14.2. The summed E-state index contributed by atoms with van der Waals surface area (Å²) in [4.78, 5) is 25.4. The molecule has 0 amide bonds. The Morgan fingerprint density at radius 1 is 1.15 bits per heavy atom. The Bertz CT molecular complexity index is 1350. The van der Waals surface area contributed by atoms with E-state index in [4.69, 9.17) is 29.2 Å². The fourth-order valence-corrected chi connectivity index (χ4v) is 5.78. The monoisotopic (exact) mass is 562 g/mol. The van der Waals surface area contributed by atoms with Gasteiger partial charge in [-0.05, 0) is 45.2 Å². The van der Waals surface area contributed by atoms with Crippen molar-refractivity contribution in [2.24, 2.45) is 5.92 Å². The highest BCUT2D eigenvalue weighted by atomic mass is 31.2. The van der Waals surface area contributed by atoms with Gasteiger partial charge >= 0.3 is 13.5 Å². The maximum Gasteiger partial charge on any atom is 0.342 e. The van der Waals surface area contributed by atoms with Crippen LogP contribution in [0.2, 0.25) is 0 Å². The molecule has 4 rings (SSSR count). The van der Waals surface area contributed by atoms with Gasteiger partial charge in [-0.25, -0.2) is 20.0 Å². The summed E-state index contributed by atoms with van der Waals surface area (Å²) < 4.78 is 44.2. The number of hydrogen-bond donors (Lipinski definition) is 2. The molecule has 3 aromatic rings. The van der Waals surface area contributed by atoms with Gasteiger partial charge in [0.15, 0.2) is 23.0 Å². The van der Waals surface area contributed by atoms with Crippen LogP contribution >= 0.6 is 7.52 Å². The number of anilines is 1. The smallest absolute Gasteiger partial charge is 0.342 e. The predicted molar refractivity (Wildman–Crippen MR) is 144 cm³/mol. The van der Waals surface area contributed by atoms with Crippen molar-refractivity contribution in [3.63, 3.8) is 0 Å². The summed E-state index contributed by atoms with van der Waals surface area (Å²) in [6.07, 6.45) is 2.26. The molecule has 2 aromatic heterocycles. The molecule has 0 aliphatic carbocycles. The van der Waals surface area contributed by atoms with Crippen LogP contribution in [0.4, 0.5) is 5.82 Å². The van der Waals surface area contributed by atoms with E-state index in [1.807, 2.05) is 20.8 Å². The summed E-state index contributed by atoms with van der Waals surface area (Å²) in [5.41, 5.74) is 6.93. The topological polar surface area (TPSA) is 162 Å². The Morgan fingerprint density at radius 2 is 1.92 bits per heavy atom. The van der Waals surface area contributed by atoms with E-state index in [0.717, 1.165) is 0 Å². The first-order valence-electron chi connectivity index (χ1n) is 12.7. The van der Waals surface area contributed by atoms with Crippen molar-refractivity contribution in [1.82, 2.24) is 24.6 Å². The van der Waals surface area contributed by atoms with Gasteiger partial charge in [-0.15, -0.1) is 0 Å². The summed E-state index contributed by atoms with van der Waals surface area (Å²) >= 11 is 0. The van der Waals surface area contributed by atoms with Gasteiger partial charge in [-0.2, -0.15) is 0 Å². The van der Waals surface area contributed by atoms with Crippen molar-refractivity contribution in [3.8, 4) is 17.2 Å². The molecular weight excluding hydrogens is 527 g/mol. The lowest BCUT2D eigenvalue weighted by atomic mass is 10.0. The van der Waals surface area contributed by atoms with Crippen LogP contribution in [0.25, 0.3) is 11.2 Å². The number of benzene rings is 1. The molecule has 0 bridgehead atoms. The second-order valence-electron chi connectivity index (χ2n) is 10.0. The first kappa shape index (κ1) is 28.6. The average Bonchev–Trinajstić information content (AvgIpc) is 3.49. The largest absolute Gasteiger partial charge is 0.462 e. The molecule has 14 heteroatoms. The number of fused-ring (bicyclic) bond motifs is 2. The molecule has 3 heterocycles. The number of nitrogens with one attached hydrogen (secondary N) is 1. The molecule has 0 saturated heterocycles. The third kappa shape index (κ3) is 7.37. The molecule has 13 nitrogen and oxygen atoms in total. The number of ether oxygens (including phenoxy) is 4. The lowest BCUT2D eigenvalue weighted by Crippen LogP contribution is -2.40. The summed E-state index contributed by atoms with van der Waals surface area (Å²) in [6, 6.07) is 4.01. The Hall–Kier alpha value is -3.41. The van der Waals surface area contributed by atoms with Gasteiger partial charge in [-0.3, -0.25) is 9.36 Å². The Labute approximate surface area is 226 Å². The highest BCUT2D eigenvalue weighted by Crippen LogP contribution is 2.47. The van der Waals surface area contributed by atoms with Crippen LogP contribution in [0.15, 0.2) is 30.9 Å². The second-order valence-corrected chi connectivity index (χ2v) is 12.1. The van der Waals surface area contributed by atoms with Crippen molar-refractivity contribution in [1.29, 1.82) is 0 Å². The normalized spacial score (nSPS) is 15.9. The number of esters is 1. The zero-order chi connectivity index (χ0) is 28.2. The molecule has 0 saturated carbocycles. The molecule has 0 spiro atoms. The summed E-state index contributed by atoms with van der Waals surface area (Å²) in [6.45, 7) is 9.71. The quantitative estimate of drug-likeness (QED) is 0.230. The van der Waals surface area contributed by atoms with Crippen LogP contribution in [-0.4, -0.2) is 56.9 Å². The van der Waals surface area contributed by atoms with Crippen molar-refractivity contribution in [2.45, 2.75) is 65.8 Å². The fourth-order valence-electron chi connectivity index (χ4n) is 4.01. The first-order chi connectivity index (χ1) is 18.5. The lowest BCUT2D eigenvalue weighted by Gasteiger charge is -2.27. The molecule has 212 valence electrons. The lowest BCUT2D eigenvalue weighted by molar-refractivity contribution is -0.149. The molecule has 3 atom stereocenters. The number of carbonyl (C=O) groups excluding carboxylic acids is 1. The van der Waals surface area contributed by atoms with Crippen LogP contribution in [0.5, 0.6) is 17.2 Å². The van der Waals surface area contributed by atoms with Crippen LogP contribution in [-0.2, 0) is 25.4 Å². The number of carbonyl (C=O) groups is 1. The maximum absolute atomic E-state index is 14.2. The van der Waals surface area contributed by atoms with Gasteiger partial charge in [0.05, 0.1) is 25.1 Å². The van der Waals surface area contributed by atoms with E-state index in [-0.39, 0.29) is 36.7 Å². The number of nitrogens with two attached hydrogens (primary N) is 1. The molecule has 3 unspecified atom stereocenters. The number of imidazole rings is 1. The van der Waals surface area contributed by atoms with E-state index in [1.54, 1.807) is 42.9 Å². The summed E-state index contributed by atoms with van der Waals surface area (Å²) in [7, 11) is -3.82. The zero-order valence-electron chi connectivity index (χ0n) is 22.7. The summed E-state index contributed by atoms with van der Waals surface area (Å²) in [5, 5.41) is 2.94. The van der Waals surface area contributed by atoms with E-state index in [2.05, 4.69) is 20.0 Å². The Morgan fingerprint density at radius 3 is 2.67 bits per heavy atom. The van der Waals surface area contributed by atoms with E-state index in [0.29, 0.717) is 35.6 Å². The number of rotatable bonds is 13. The standard InChI is InChI=1S/C25H35N6O7P/c1-15(2)8-19(25(32)37-16(3)4)30-39(33,38-18-6-7-20-21(9-18)35-13-34-20)14-36-17(5)10-31-12-29-22-23(26)27-11-28-24(22)31/h6-7,9,11-12,15-17,19H,8,10,13-14H2,1-5H3,(H,30,33)(H2,26,27,28). The van der Waals surface area contributed by atoms with E-state index < -0.39 is 25.6 Å². The van der Waals surface area contributed by atoms with Crippen molar-refractivity contribution >= 4 is 30.5 Å². The third-order valence-electron chi connectivity index (χ3n) is 5.71. The highest BCUT2D eigenvalue weighted by Gasteiger charge is 2.35. The number of nitrogen functional groups attached to an aromatic ring is 1. The molecule has 39 heavy (non-hydrogen) atoms. The predicted octanol–water partition coefficient (Wildman–Crippen LogP) is 3.73. The SMILES string of the molecule is CC(C)CC(NP(=O)(COC(C)Cn1cnc2c(N)ncnc21)Oc1ccc2c(c1)OCO2)C(=O)OC(C)C. The zero-order valence-corrected chi connectivity index (χ0v) is 23.6. The number of aromatic nitrogens is 4. The minimum atomic E-state index is -3.82. The van der Waals surface area contributed by atoms with Crippen molar-refractivity contribution < 1.29 is 32.8 Å². The van der Waals surface area contributed by atoms with E-state index in [1.165, 1.54) is 6.33 Å². The molecule has 0 radical (unpaired) electrons. The van der Waals surface area contributed by atoms with E-state index >= 15 is 0 Å². The number of hydrogen-bond acceptors (Lipinski definition) is 11. The van der Waals surface area contributed by atoms with E-state index in [9.17, 15) is 9.36 Å². The van der Waals surface area contributed by atoms with Crippen molar-refractivity contribution in [2.75, 3.05) is 18.9 Å². The third-order valence-corrected chi connectivity index (χ3v) is 7.41. The Balaban J connectivity index is 1.53. The molecule has 1 aliphatic rings. The van der Waals surface area contributed by atoms with Gasteiger partial charge in [0.1, 0.15) is 30.0 Å². The van der Waals surface area contributed by atoms with Crippen LogP contribution < -0.4 is 24.8 Å². The molecule has 1 aliphatic heterocycles. The molecule has 1 aromatic carbocycles. The van der Waals surface area contributed by atoms with Crippen LogP contribution in [0.3, 0.4) is 0 Å². The van der Waals surface area contributed by atoms with Crippen LogP contribution in [0, 0.1) is 5.92 Å². The molecular formula is C25H35N6O7P. The number of nitrogens with zero attached hydrogens (tertiary/aromatic N) is 4. The highest BCUT2D eigenvalue weighted by molar-refractivity contribution is 7.57. The van der Waals surface area contributed by atoms with Gasteiger partial charge in [0.25, 0.3) is 0 Å². The fraction of sp³-hybridized carbons (Fsp3) is 0.520. The van der Waals surface area contributed by atoms with Gasteiger partial charge in [0.2, 0.25) is 6.79 Å². The minimum Gasteiger partial charge on any atom is -0.462 e. The minimum absolute atomic E-state index is 0.0896. The van der Waals surface area contributed by atoms with Gasteiger partial charge in [-0.1, -0.05) is 13.8 Å². The first-order valence-corrected chi connectivity index (χ1v) is 14.5. The molecule has 3 N–H and O–H groups in total. The van der Waals surface area contributed by atoms with Crippen molar-refractivity contribution in [3.05, 3.63) is 30.9 Å². The molecule has 0 fully saturated rings. The average molecular weight is 563 g/mol. The summed E-state index contributed by atoms with van der Waals surface area (Å²) in [5.74, 6) is 1.19. The Kier molecular flexibility index (Phi) is 8.94. The van der Waals surface area contributed by atoms with Crippen LogP contribution in [0.1, 0.15) is 41.0 Å². The second kappa shape index (κ2) is 12.2. The van der Waals surface area contributed by atoms with Gasteiger partial charge in [0, 0.05) is 6.07 Å².